The molecule has 0 atom stereocenters. The molecule has 0 saturated heterocycles. The van der Waals surface area contributed by atoms with Gasteiger partial charge in [-0.05, 0) is 103 Å². The molecule has 0 bridgehead atoms. The maximum atomic E-state index is 8.00. The number of hydrogen-bond donors (Lipinski definition) is 0. The highest BCUT2D eigenvalue weighted by Crippen LogP contribution is 2.40. The van der Waals surface area contributed by atoms with Crippen molar-refractivity contribution in [3.8, 4) is 62.0 Å². The number of aromatic nitrogens is 18. The minimum absolute atomic E-state index is 0.705. The van der Waals surface area contributed by atoms with Gasteiger partial charge in [-0.15, -0.1) is 0 Å². The van der Waals surface area contributed by atoms with E-state index in [9.17, 15) is 0 Å². The van der Waals surface area contributed by atoms with Gasteiger partial charge < -0.3 is 13.6 Å². The molecule has 26 rings (SSSR count). The molecular formula is C83H61N18OS+5. The number of benzene rings is 6. The van der Waals surface area contributed by atoms with Gasteiger partial charge in [-0.25, -0.2) is 22.8 Å². The average molecular weight is 1360 g/mol. The van der Waals surface area contributed by atoms with E-state index in [2.05, 4.69) is 240 Å². The van der Waals surface area contributed by atoms with Crippen LogP contribution in [0.15, 0.2) is 280 Å². The molecule has 0 aliphatic carbocycles. The van der Waals surface area contributed by atoms with E-state index in [4.69, 9.17) is 8.53 Å². The van der Waals surface area contributed by atoms with E-state index in [1.807, 2.05) is 126 Å². The summed E-state index contributed by atoms with van der Waals surface area (Å²) in [6.45, 7) is 2.06. The molecule has 19 nitrogen and oxygen atoms in total. The lowest BCUT2D eigenvalue weighted by Crippen LogP contribution is -2.29. The Hall–Kier alpha value is -13.5. The van der Waals surface area contributed by atoms with Crippen molar-refractivity contribution in [3.63, 3.8) is 0 Å². The van der Waals surface area contributed by atoms with E-state index in [-0.39, 0.29) is 0 Å². The van der Waals surface area contributed by atoms with Gasteiger partial charge in [0.05, 0.1) is 21.3 Å². The van der Waals surface area contributed by atoms with Crippen molar-refractivity contribution in [2.24, 2.45) is 14.0 Å². The molecule has 103 heavy (non-hydrogen) atoms. The Morgan fingerprint density at radius 1 is 0.350 bits per heavy atom. The zero-order chi connectivity index (χ0) is 70.2. The molecule has 490 valence electrons. The molecular weight excluding hydrogens is 1300 g/mol. The van der Waals surface area contributed by atoms with Gasteiger partial charge in [-0.2, -0.15) is 22.0 Å². The zero-order valence-electron chi connectivity index (χ0n) is 58.4. The van der Waals surface area contributed by atoms with Gasteiger partial charge in [-0.1, -0.05) is 90.2 Å². The Kier molecular flexibility index (Phi) is 11.6. The number of thiazole rings is 1. The molecule has 21 aromatic rings. The smallest absolute Gasteiger partial charge is 0.344 e. The first kappa shape index (κ1) is 54.5. The van der Waals surface area contributed by atoms with Crippen LogP contribution in [0.1, 0.15) is 31.9 Å². The fraction of sp³-hybridized carbons (Fsp3) is 0.0843. The first-order valence-corrected chi connectivity index (χ1v) is 35.1. The number of para-hydroxylation sites is 10. The highest BCUT2D eigenvalue weighted by molar-refractivity contribution is 7.24. The summed E-state index contributed by atoms with van der Waals surface area (Å²) in [6, 6.07) is 62.3. The molecule has 5 aliphatic rings. The Labute approximate surface area is 594 Å². The van der Waals surface area contributed by atoms with Crippen LogP contribution in [0.5, 0.6) is 0 Å². The lowest BCUT2D eigenvalue weighted by molar-refractivity contribution is -0.671. The van der Waals surface area contributed by atoms with Gasteiger partial charge in [0.15, 0.2) is 38.9 Å². The Bertz CT molecular complexity index is 7080. The summed E-state index contributed by atoms with van der Waals surface area (Å²) in [6.07, 6.45) is 29.7. The highest BCUT2D eigenvalue weighted by Gasteiger charge is 2.38. The predicted molar refractivity (Wildman–Crippen MR) is 395 cm³/mol. The second kappa shape index (κ2) is 22.0. The second-order valence-electron chi connectivity index (χ2n) is 26.7. The summed E-state index contributed by atoms with van der Waals surface area (Å²) in [5.74, 6) is 0. The number of imidazole rings is 8. The van der Waals surface area contributed by atoms with Crippen molar-refractivity contribution >= 4 is 93.2 Å². The molecule has 0 N–H and O–H groups in total. The summed E-state index contributed by atoms with van der Waals surface area (Å²) in [5, 5.41) is 0. The average Bonchev–Trinajstić information content (AvgIpc) is 1.56. The fourth-order valence-electron chi connectivity index (χ4n) is 16.6. The van der Waals surface area contributed by atoms with Crippen LogP contribution in [-0.4, -0.2) is 60.6 Å². The van der Waals surface area contributed by atoms with E-state index in [1.165, 1.54) is 120 Å². The summed E-state index contributed by atoms with van der Waals surface area (Å²) in [7, 11) is 2.14. The van der Waals surface area contributed by atoms with Gasteiger partial charge in [-0.3, -0.25) is 29.5 Å². The molecule has 20 heteroatoms. The Balaban J connectivity index is 0.0000000830. The standard InChI is InChI=1S/C21H15N4.2C16H13N4.C15H10N3O.C15H10N3S/c1-2-6-16(7-3-1)25-19-9-5-4-8-18(19)24-14-23-13-15-12-22-11-10-17(15)20(23)21(24)25;2*1-18-13-4-2-3-5-14(13)20-10-19-9-11-8-17-7-6-12(11)15(19)16(18)20;2*1-2-4-13-12(3-1)18-9-17-8-10-7-16-6-5-11(10)14(17)15(18)19-13/h1-12,14H,13H2;2*2-8,10H,9H2,1H3;2*1-7,9H,8H2/q5*+1/i;1D3;;;. The SMILES string of the molecule is Cn1c2ccccc2n2c[n+]3c(c12)-c1ccncc1C3.[2H]C([2H])([2H])n1c2ccccc2n2c[n+]3c(c12)-c1ccncc1C3.c1ccc(-n2c3ccccc3n3c[n+]4c(c23)-c2ccncc2C4)cc1.c1ccc2c(c1)oc1c3[n+](cn12)Cc1cnccc1-3.c1ccc2c(c1)sc1c3[n+](cn12)Cc1cnccc1-3. The second-order valence-corrected chi connectivity index (χ2v) is 27.8. The van der Waals surface area contributed by atoms with Gasteiger partial charge >= 0.3 is 5.71 Å². The summed E-state index contributed by atoms with van der Waals surface area (Å²) < 4.78 is 59.7. The summed E-state index contributed by atoms with van der Waals surface area (Å²) in [4.78, 5) is 22.4. The Morgan fingerprint density at radius 3 is 1.27 bits per heavy atom. The monoisotopic (exact) mass is 1360 g/mol. The molecule has 0 spiro atoms. The third-order valence-corrected chi connectivity index (χ3v) is 22.2. The number of oxazole rings is 1. The van der Waals surface area contributed by atoms with Crippen molar-refractivity contribution in [2.75, 3.05) is 0 Å². The normalized spacial score (nSPS) is 13.5. The number of nitrogens with zero attached hydrogens (tertiary/aromatic N) is 18. The molecule has 0 fully saturated rings. The van der Waals surface area contributed by atoms with Crippen LogP contribution in [0.3, 0.4) is 0 Å². The van der Waals surface area contributed by atoms with Gasteiger partial charge in [0, 0.05) is 141 Å². The van der Waals surface area contributed by atoms with E-state index in [0.717, 1.165) is 77.6 Å². The van der Waals surface area contributed by atoms with Gasteiger partial charge in [0.25, 0.3) is 48.6 Å². The lowest BCUT2D eigenvalue weighted by atomic mass is 10.1. The first-order valence-electron chi connectivity index (χ1n) is 35.8. The van der Waals surface area contributed by atoms with Crippen molar-refractivity contribution in [1.82, 2.24) is 60.6 Å². The predicted octanol–water partition coefficient (Wildman–Crippen LogP) is 13.1. The first-order chi connectivity index (χ1) is 52.1. The summed E-state index contributed by atoms with van der Waals surface area (Å²) in [5.41, 5.74) is 33.5. The van der Waals surface area contributed by atoms with E-state index in [1.54, 1.807) is 6.20 Å². The number of fused-ring (bicyclic) bond motifs is 35. The minimum atomic E-state index is -2.24. The van der Waals surface area contributed by atoms with Crippen LogP contribution in [-0.2, 0) is 46.7 Å². The molecule has 15 aromatic heterocycles. The van der Waals surface area contributed by atoms with Crippen molar-refractivity contribution in [1.29, 1.82) is 0 Å². The molecule has 0 radical (unpaired) electrons. The topological polar surface area (TPSA) is 134 Å². The summed E-state index contributed by atoms with van der Waals surface area (Å²) >= 11 is 1.86. The van der Waals surface area contributed by atoms with Crippen LogP contribution in [0, 0.1) is 0 Å². The van der Waals surface area contributed by atoms with Crippen LogP contribution in [0.4, 0.5) is 0 Å². The van der Waals surface area contributed by atoms with E-state index in [0.29, 0.717) is 11.2 Å². The largest absolute Gasteiger partial charge is 0.415 e. The Morgan fingerprint density at radius 2 is 0.728 bits per heavy atom. The number of pyridine rings is 5. The molecule has 0 saturated carbocycles. The van der Waals surface area contributed by atoms with Crippen molar-refractivity contribution < 1.29 is 31.4 Å². The maximum Gasteiger partial charge on any atom is 0.344 e. The fourth-order valence-corrected chi connectivity index (χ4v) is 17.8. The number of aryl methyl sites for hydroxylation is 2. The molecule has 0 amide bonds. The van der Waals surface area contributed by atoms with Gasteiger partial charge in [0.2, 0.25) is 27.6 Å². The van der Waals surface area contributed by atoms with Crippen LogP contribution in [0.2, 0.25) is 0 Å². The van der Waals surface area contributed by atoms with Crippen LogP contribution < -0.4 is 22.8 Å². The minimum Gasteiger partial charge on any atom is -0.415 e. The van der Waals surface area contributed by atoms with E-state index < -0.39 is 6.98 Å². The van der Waals surface area contributed by atoms with Crippen LogP contribution >= 0.6 is 11.3 Å². The van der Waals surface area contributed by atoms with Crippen molar-refractivity contribution in [2.45, 2.75) is 32.7 Å². The molecule has 5 aliphatic heterocycles. The van der Waals surface area contributed by atoms with Gasteiger partial charge in [0.1, 0.15) is 32.7 Å². The third kappa shape index (κ3) is 8.43. The zero-order valence-corrected chi connectivity index (χ0v) is 56.2. The van der Waals surface area contributed by atoms with Crippen LogP contribution in [0.25, 0.3) is 144 Å². The molecule has 6 aromatic carbocycles. The maximum absolute atomic E-state index is 8.00. The molecule has 20 heterocycles. The highest BCUT2D eigenvalue weighted by atomic mass is 32.1. The van der Waals surface area contributed by atoms with E-state index >= 15 is 0 Å². The quantitative estimate of drug-likeness (QED) is 0.150. The van der Waals surface area contributed by atoms with Crippen molar-refractivity contribution in [3.05, 3.63) is 303 Å². The lowest BCUT2D eigenvalue weighted by Gasteiger charge is -2.04. The molecule has 0 unspecified atom stereocenters. The third-order valence-electron chi connectivity index (χ3n) is 21.1. The number of hydrogen-bond acceptors (Lipinski definition) is 7. The number of rotatable bonds is 1.